The zero-order valence-electron chi connectivity index (χ0n) is 15.8. The van der Waals surface area contributed by atoms with E-state index in [9.17, 15) is 4.79 Å². The zero-order chi connectivity index (χ0) is 20.4. The van der Waals surface area contributed by atoms with E-state index in [2.05, 4.69) is 22.3 Å². The number of carbonyl (C=O) groups is 1. The van der Waals surface area contributed by atoms with E-state index < -0.39 is 0 Å². The highest BCUT2D eigenvalue weighted by molar-refractivity contribution is 7.16. The van der Waals surface area contributed by atoms with Gasteiger partial charge in [-0.1, -0.05) is 35.3 Å². The Labute approximate surface area is 183 Å². The topological polar surface area (TPSA) is 44.7 Å². The maximum atomic E-state index is 13.2. The summed E-state index contributed by atoms with van der Waals surface area (Å²) in [6.45, 7) is 1.75. The molecule has 0 radical (unpaired) electrons. The Kier molecular flexibility index (Phi) is 6.01. The summed E-state index contributed by atoms with van der Waals surface area (Å²) in [6, 6.07) is 14.6. The van der Waals surface area contributed by atoms with Crippen molar-refractivity contribution in [1.29, 1.82) is 0 Å². The van der Waals surface area contributed by atoms with Gasteiger partial charge in [-0.15, -0.1) is 11.3 Å². The number of thiophene rings is 1. The fourth-order valence-electron chi connectivity index (χ4n) is 3.29. The Morgan fingerprint density at radius 2 is 1.97 bits per heavy atom. The zero-order valence-corrected chi connectivity index (χ0v) is 18.1. The molecule has 1 aliphatic rings. The number of likely N-dealkylation sites (N-methyl/N-ethyl adjacent to an activating group) is 1. The molecule has 1 aliphatic heterocycles. The van der Waals surface area contributed by atoms with Crippen LogP contribution < -0.4 is 5.32 Å². The summed E-state index contributed by atoms with van der Waals surface area (Å²) in [7, 11) is 2.09. The molecule has 1 amide bonds. The summed E-state index contributed by atoms with van der Waals surface area (Å²) >= 11 is 13.6. The molecule has 7 heteroatoms. The lowest BCUT2D eigenvalue weighted by atomic mass is 10.0. The quantitative estimate of drug-likeness (QED) is 0.499. The standard InChI is InChI=1S/C22H19Cl2N3OS/c1-27-10-9-18-19(13-27)29-22(25-12-14-3-2-4-16(24)11-14)20(18)21(28)26-17-7-5-15(23)6-8-17/h2-8,11-12H,9-10,13H2,1H3,(H,26,28)/b25-12+. The SMILES string of the molecule is CN1CCc2c(sc(/N=C/c3cccc(Cl)c3)c2C(=O)Nc2ccc(Cl)cc2)C1. The lowest BCUT2D eigenvalue weighted by molar-refractivity contribution is 0.102. The normalized spacial score (nSPS) is 14.2. The predicted octanol–water partition coefficient (Wildman–Crippen LogP) is 6.05. The molecule has 1 N–H and O–H groups in total. The first kappa shape index (κ1) is 20.1. The number of rotatable bonds is 4. The monoisotopic (exact) mass is 443 g/mol. The number of amides is 1. The number of benzene rings is 2. The van der Waals surface area contributed by atoms with Crippen LogP contribution in [0.2, 0.25) is 10.0 Å². The van der Waals surface area contributed by atoms with Crippen LogP contribution in [0.4, 0.5) is 10.7 Å². The van der Waals surface area contributed by atoms with Crippen molar-refractivity contribution in [1.82, 2.24) is 4.90 Å². The van der Waals surface area contributed by atoms with Crippen LogP contribution in [0.15, 0.2) is 53.5 Å². The highest BCUT2D eigenvalue weighted by Crippen LogP contribution is 2.39. The number of halogens is 2. The number of nitrogens with one attached hydrogen (secondary N) is 1. The van der Waals surface area contributed by atoms with Gasteiger partial charge in [-0.05, 0) is 61.0 Å². The van der Waals surface area contributed by atoms with E-state index in [1.54, 1.807) is 41.8 Å². The Morgan fingerprint density at radius 1 is 1.17 bits per heavy atom. The van der Waals surface area contributed by atoms with Crippen LogP contribution in [-0.4, -0.2) is 30.6 Å². The molecule has 148 valence electrons. The lowest BCUT2D eigenvalue weighted by Crippen LogP contribution is -2.26. The first-order valence-electron chi connectivity index (χ1n) is 9.19. The summed E-state index contributed by atoms with van der Waals surface area (Å²) in [4.78, 5) is 21.3. The maximum absolute atomic E-state index is 13.2. The van der Waals surface area contributed by atoms with Gasteiger partial charge in [-0.2, -0.15) is 0 Å². The molecule has 2 heterocycles. The Balaban J connectivity index is 1.68. The van der Waals surface area contributed by atoms with Gasteiger partial charge in [0.1, 0.15) is 5.00 Å². The molecule has 0 saturated carbocycles. The van der Waals surface area contributed by atoms with Crippen LogP contribution >= 0.6 is 34.5 Å². The maximum Gasteiger partial charge on any atom is 0.259 e. The minimum absolute atomic E-state index is 0.146. The van der Waals surface area contributed by atoms with E-state index in [4.69, 9.17) is 23.2 Å². The van der Waals surface area contributed by atoms with Gasteiger partial charge in [-0.3, -0.25) is 4.79 Å². The minimum Gasteiger partial charge on any atom is -0.322 e. The molecule has 0 atom stereocenters. The highest BCUT2D eigenvalue weighted by atomic mass is 35.5. The van der Waals surface area contributed by atoms with Gasteiger partial charge in [0.15, 0.2) is 0 Å². The molecule has 0 aliphatic carbocycles. The van der Waals surface area contributed by atoms with Crippen LogP contribution in [0, 0.1) is 0 Å². The molecular formula is C22H19Cl2N3OS. The molecule has 3 aromatic rings. The fraction of sp³-hybridized carbons (Fsp3) is 0.182. The van der Waals surface area contributed by atoms with Crippen molar-refractivity contribution < 1.29 is 4.79 Å². The van der Waals surface area contributed by atoms with Gasteiger partial charge in [0.25, 0.3) is 5.91 Å². The van der Waals surface area contributed by atoms with E-state index in [0.717, 1.165) is 35.6 Å². The number of fused-ring (bicyclic) bond motifs is 1. The van der Waals surface area contributed by atoms with Gasteiger partial charge in [0.05, 0.1) is 5.56 Å². The second-order valence-electron chi connectivity index (χ2n) is 6.95. The second kappa shape index (κ2) is 8.67. The number of anilines is 1. The summed E-state index contributed by atoms with van der Waals surface area (Å²) in [5, 5.41) is 4.98. The van der Waals surface area contributed by atoms with E-state index in [1.165, 1.54) is 4.88 Å². The van der Waals surface area contributed by atoms with Crippen molar-refractivity contribution in [2.24, 2.45) is 4.99 Å². The van der Waals surface area contributed by atoms with Crippen molar-refractivity contribution in [2.45, 2.75) is 13.0 Å². The van der Waals surface area contributed by atoms with Crippen LogP contribution in [-0.2, 0) is 13.0 Å². The van der Waals surface area contributed by atoms with Crippen LogP contribution in [0.5, 0.6) is 0 Å². The van der Waals surface area contributed by atoms with E-state index in [1.807, 2.05) is 24.3 Å². The van der Waals surface area contributed by atoms with Gasteiger partial charge < -0.3 is 10.2 Å². The average molecular weight is 444 g/mol. The molecule has 0 unspecified atom stereocenters. The molecule has 0 saturated heterocycles. The highest BCUT2D eigenvalue weighted by Gasteiger charge is 2.26. The molecule has 2 aromatic carbocycles. The van der Waals surface area contributed by atoms with Crippen molar-refractivity contribution in [3.8, 4) is 0 Å². The molecule has 0 bridgehead atoms. The number of nitrogens with zero attached hydrogens (tertiary/aromatic N) is 2. The summed E-state index contributed by atoms with van der Waals surface area (Å²) < 4.78 is 0. The third-order valence-corrected chi connectivity index (χ3v) is 6.35. The molecule has 29 heavy (non-hydrogen) atoms. The smallest absolute Gasteiger partial charge is 0.259 e. The Hall–Kier alpha value is -2.18. The van der Waals surface area contributed by atoms with Crippen molar-refractivity contribution in [3.05, 3.63) is 80.1 Å². The number of carbonyl (C=O) groups excluding carboxylic acids is 1. The van der Waals surface area contributed by atoms with Crippen molar-refractivity contribution >= 4 is 57.3 Å². The largest absolute Gasteiger partial charge is 0.322 e. The third-order valence-electron chi connectivity index (χ3n) is 4.74. The van der Waals surface area contributed by atoms with Crippen LogP contribution in [0.1, 0.15) is 26.4 Å². The summed E-state index contributed by atoms with van der Waals surface area (Å²) in [6.07, 6.45) is 2.59. The number of hydrogen-bond donors (Lipinski definition) is 1. The minimum atomic E-state index is -0.146. The van der Waals surface area contributed by atoms with Gasteiger partial charge in [0, 0.05) is 39.9 Å². The predicted molar refractivity (Wildman–Crippen MR) is 122 cm³/mol. The lowest BCUT2D eigenvalue weighted by Gasteiger charge is -2.22. The number of aliphatic imine (C=N–C) groups is 1. The summed E-state index contributed by atoms with van der Waals surface area (Å²) in [5.74, 6) is -0.146. The molecule has 1 aromatic heterocycles. The Morgan fingerprint density at radius 3 is 2.72 bits per heavy atom. The molecule has 0 spiro atoms. The van der Waals surface area contributed by atoms with Crippen LogP contribution in [0.3, 0.4) is 0 Å². The van der Waals surface area contributed by atoms with Gasteiger partial charge in [-0.25, -0.2) is 4.99 Å². The first-order chi connectivity index (χ1) is 14.0. The van der Waals surface area contributed by atoms with Crippen LogP contribution in [0.25, 0.3) is 0 Å². The van der Waals surface area contributed by atoms with Gasteiger partial charge in [0.2, 0.25) is 0 Å². The Bertz CT molecular complexity index is 1080. The van der Waals surface area contributed by atoms with E-state index in [-0.39, 0.29) is 5.91 Å². The summed E-state index contributed by atoms with van der Waals surface area (Å²) in [5.41, 5.74) is 3.35. The molecular weight excluding hydrogens is 425 g/mol. The first-order valence-corrected chi connectivity index (χ1v) is 10.8. The average Bonchev–Trinajstić information content (AvgIpc) is 3.05. The fourth-order valence-corrected chi connectivity index (χ4v) is 4.88. The number of hydrogen-bond acceptors (Lipinski definition) is 4. The van der Waals surface area contributed by atoms with E-state index in [0.29, 0.717) is 21.3 Å². The molecule has 0 fully saturated rings. The van der Waals surface area contributed by atoms with Crippen molar-refractivity contribution in [2.75, 3.05) is 18.9 Å². The molecule has 4 rings (SSSR count). The second-order valence-corrected chi connectivity index (χ2v) is 8.90. The van der Waals surface area contributed by atoms with Crippen molar-refractivity contribution in [3.63, 3.8) is 0 Å². The van der Waals surface area contributed by atoms with E-state index >= 15 is 0 Å². The molecule has 4 nitrogen and oxygen atoms in total. The van der Waals surface area contributed by atoms with Gasteiger partial charge >= 0.3 is 0 Å². The third kappa shape index (κ3) is 4.70.